The highest BCUT2D eigenvalue weighted by Gasteiger charge is 2.32. The van der Waals surface area contributed by atoms with Gasteiger partial charge >= 0.3 is 0 Å². The maximum absolute atomic E-state index is 12.6. The Morgan fingerprint density at radius 2 is 2.12 bits per heavy atom. The summed E-state index contributed by atoms with van der Waals surface area (Å²) in [5.74, 6) is 0.308. The summed E-state index contributed by atoms with van der Waals surface area (Å²) < 4.78 is 0.525. The smallest absolute Gasteiger partial charge is 0.242 e. The minimum absolute atomic E-state index is 0.00404. The van der Waals surface area contributed by atoms with Crippen LogP contribution in [0, 0.1) is 0 Å². The molecule has 2 saturated heterocycles. The van der Waals surface area contributed by atoms with Crippen molar-refractivity contribution in [3.8, 4) is 0 Å². The Labute approximate surface area is 164 Å². The van der Waals surface area contributed by atoms with E-state index in [0.29, 0.717) is 16.1 Å². The zero-order chi connectivity index (χ0) is 18.5. The van der Waals surface area contributed by atoms with Crippen molar-refractivity contribution in [1.82, 2.24) is 14.7 Å². The van der Waals surface area contributed by atoms with Crippen molar-refractivity contribution in [2.24, 2.45) is 0 Å². The summed E-state index contributed by atoms with van der Waals surface area (Å²) in [4.78, 5) is 30.2. The van der Waals surface area contributed by atoms with Gasteiger partial charge in [0.25, 0.3) is 0 Å². The second-order valence-corrected chi connectivity index (χ2v) is 8.50. The van der Waals surface area contributed by atoms with Crippen LogP contribution in [0.25, 0.3) is 0 Å². The van der Waals surface area contributed by atoms with Gasteiger partial charge in [-0.25, -0.2) is 0 Å². The lowest BCUT2D eigenvalue weighted by Crippen LogP contribution is -2.51. The molecule has 2 amide bonds. The second-order valence-electron chi connectivity index (χ2n) is 6.89. The lowest BCUT2D eigenvalue weighted by molar-refractivity contribution is -0.137. The van der Waals surface area contributed by atoms with Crippen molar-refractivity contribution >= 4 is 40.1 Å². The zero-order valence-electron chi connectivity index (χ0n) is 15.1. The number of hydrogen-bond acceptors (Lipinski definition) is 5. The van der Waals surface area contributed by atoms with E-state index < -0.39 is 0 Å². The summed E-state index contributed by atoms with van der Waals surface area (Å²) >= 11 is 6.51. The molecule has 3 rings (SSSR count). The first kappa shape index (κ1) is 19.3. The molecule has 0 aromatic heterocycles. The van der Waals surface area contributed by atoms with Gasteiger partial charge in [-0.1, -0.05) is 54.3 Å². The van der Waals surface area contributed by atoms with Crippen molar-refractivity contribution in [3.05, 3.63) is 35.9 Å². The number of hydrogen-bond donors (Lipinski definition) is 0. The molecule has 5 nitrogen and oxygen atoms in total. The predicted molar refractivity (Wildman–Crippen MR) is 109 cm³/mol. The van der Waals surface area contributed by atoms with Crippen LogP contribution in [0.2, 0.25) is 0 Å². The highest BCUT2D eigenvalue weighted by atomic mass is 32.2. The number of benzene rings is 1. The minimum atomic E-state index is -0.0538. The van der Waals surface area contributed by atoms with Gasteiger partial charge in [0, 0.05) is 25.7 Å². The molecule has 0 saturated carbocycles. The quantitative estimate of drug-likeness (QED) is 0.694. The molecule has 1 aromatic rings. The second kappa shape index (κ2) is 8.97. The standard InChI is InChI=1S/C19H25N3O2S2/c1-20(11-9-15-6-3-2-4-7-15)16-8-5-10-21(12-16)17(23)13-22-18(24)14-26-19(22)25/h2-4,6-7,16H,5,8-14H2,1H3. The number of likely N-dealkylation sites (tertiary alicyclic amines) is 1. The molecule has 0 aliphatic carbocycles. The Morgan fingerprint density at radius 1 is 1.35 bits per heavy atom. The molecule has 0 spiro atoms. The van der Waals surface area contributed by atoms with Gasteiger partial charge in [0.05, 0.1) is 5.75 Å². The van der Waals surface area contributed by atoms with Crippen LogP contribution in [0.15, 0.2) is 30.3 Å². The van der Waals surface area contributed by atoms with Crippen LogP contribution >= 0.6 is 24.0 Å². The average Bonchev–Trinajstić information content (AvgIpc) is 2.99. The van der Waals surface area contributed by atoms with Gasteiger partial charge in [0.15, 0.2) is 0 Å². The Kier molecular flexibility index (Phi) is 6.67. The van der Waals surface area contributed by atoms with Crippen LogP contribution < -0.4 is 0 Å². The van der Waals surface area contributed by atoms with Crippen LogP contribution in [0.1, 0.15) is 18.4 Å². The van der Waals surface area contributed by atoms with Crippen LogP contribution in [0.4, 0.5) is 0 Å². The first-order valence-corrected chi connectivity index (χ1v) is 10.4. The summed E-state index contributed by atoms with van der Waals surface area (Å²) in [5, 5.41) is 0. The Morgan fingerprint density at radius 3 is 2.81 bits per heavy atom. The van der Waals surface area contributed by atoms with E-state index >= 15 is 0 Å². The number of nitrogens with zero attached hydrogens (tertiary/aromatic N) is 3. The van der Waals surface area contributed by atoms with Gasteiger partial charge < -0.3 is 9.80 Å². The molecule has 1 aromatic carbocycles. The largest absolute Gasteiger partial charge is 0.340 e. The number of thioether (sulfide) groups is 1. The fraction of sp³-hybridized carbons (Fsp3) is 0.526. The number of thiocarbonyl (C=S) groups is 1. The highest BCUT2D eigenvalue weighted by Crippen LogP contribution is 2.20. The molecule has 2 fully saturated rings. The topological polar surface area (TPSA) is 43.9 Å². The van der Waals surface area contributed by atoms with E-state index in [2.05, 4.69) is 36.2 Å². The van der Waals surface area contributed by atoms with E-state index in [1.807, 2.05) is 11.0 Å². The molecule has 0 radical (unpaired) electrons. The van der Waals surface area contributed by atoms with Crippen molar-refractivity contribution in [3.63, 3.8) is 0 Å². The van der Waals surface area contributed by atoms with Gasteiger partial charge in [-0.3, -0.25) is 14.5 Å². The third kappa shape index (κ3) is 4.84. The highest BCUT2D eigenvalue weighted by molar-refractivity contribution is 8.23. The Balaban J connectivity index is 1.50. The van der Waals surface area contributed by atoms with Gasteiger partial charge in [-0.05, 0) is 31.9 Å². The summed E-state index contributed by atoms with van der Waals surface area (Å²) in [6.07, 6.45) is 3.11. The molecule has 0 bridgehead atoms. The number of carbonyl (C=O) groups is 2. The summed E-state index contributed by atoms with van der Waals surface area (Å²) in [6, 6.07) is 10.8. The summed E-state index contributed by atoms with van der Waals surface area (Å²) in [5.41, 5.74) is 1.33. The Bertz CT molecular complexity index is 652. The van der Waals surface area contributed by atoms with Gasteiger partial charge in [-0.2, -0.15) is 0 Å². The van der Waals surface area contributed by atoms with E-state index in [4.69, 9.17) is 12.2 Å². The predicted octanol–water partition coefficient (Wildman–Crippen LogP) is 2.01. The third-order valence-corrected chi connectivity index (χ3v) is 6.54. The van der Waals surface area contributed by atoms with Crippen molar-refractivity contribution < 1.29 is 9.59 Å². The minimum Gasteiger partial charge on any atom is -0.340 e. The maximum atomic E-state index is 12.6. The van der Waals surface area contributed by atoms with E-state index in [9.17, 15) is 9.59 Å². The number of piperidine rings is 1. The number of likely N-dealkylation sites (N-methyl/N-ethyl adjacent to an activating group) is 1. The van der Waals surface area contributed by atoms with Crippen LogP contribution in [-0.2, 0) is 16.0 Å². The van der Waals surface area contributed by atoms with Crippen LogP contribution in [0.5, 0.6) is 0 Å². The molecular weight excluding hydrogens is 366 g/mol. The van der Waals surface area contributed by atoms with Crippen LogP contribution in [-0.4, -0.2) is 75.9 Å². The molecule has 7 heteroatoms. The first-order chi connectivity index (χ1) is 12.5. The fourth-order valence-corrected chi connectivity index (χ4v) is 4.51. The zero-order valence-corrected chi connectivity index (χ0v) is 16.7. The first-order valence-electron chi connectivity index (χ1n) is 9.03. The van der Waals surface area contributed by atoms with E-state index in [1.54, 1.807) is 0 Å². The van der Waals surface area contributed by atoms with Gasteiger partial charge in [-0.15, -0.1) is 0 Å². The van der Waals surface area contributed by atoms with Gasteiger partial charge in [0.2, 0.25) is 11.8 Å². The number of amides is 2. The van der Waals surface area contributed by atoms with Crippen molar-refractivity contribution in [1.29, 1.82) is 0 Å². The average molecular weight is 392 g/mol. The molecule has 0 N–H and O–H groups in total. The fourth-order valence-electron chi connectivity index (χ4n) is 3.44. The molecule has 140 valence electrons. The molecule has 2 aliphatic rings. The molecule has 26 heavy (non-hydrogen) atoms. The van der Waals surface area contributed by atoms with Gasteiger partial charge in [0.1, 0.15) is 10.9 Å². The molecule has 1 atom stereocenters. The Hall–Kier alpha value is -1.44. The maximum Gasteiger partial charge on any atom is 0.242 e. The van der Waals surface area contributed by atoms with E-state index in [1.165, 1.54) is 22.2 Å². The monoisotopic (exact) mass is 391 g/mol. The lowest BCUT2D eigenvalue weighted by Gasteiger charge is -2.38. The van der Waals surface area contributed by atoms with E-state index in [0.717, 1.165) is 38.9 Å². The molecule has 2 aliphatic heterocycles. The lowest BCUT2D eigenvalue weighted by atomic mass is 10.0. The molecule has 1 unspecified atom stereocenters. The third-order valence-electron chi connectivity index (χ3n) is 5.10. The number of carbonyl (C=O) groups excluding carboxylic acids is 2. The molecular formula is C19H25N3O2S2. The normalized spacial score (nSPS) is 20.9. The SMILES string of the molecule is CN(CCc1ccccc1)C1CCCN(C(=O)CN2C(=O)CSC2=S)C1. The molecule has 2 heterocycles. The number of rotatable bonds is 6. The van der Waals surface area contributed by atoms with E-state index in [-0.39, 0.29) is 18.4 Å². The van der Waals surface area contributed by atoms with Crippen molar-refractivity contribution in [2.75, 3.05) is 39.0 Å². The van der Waals surface area contributed by atoms with Crippen LogP contribution in [0.3, 0.4) is 0 Å². The summed E-state index contributed by atoms with van der Waals surface area (Å²) in [7, 11) is 2.14. The van der Waals surface area contributed by atoms with Crippen molar-refractivity contribution in [2.45, 2.75) is 25.3 Å². The summed E-state index contributed by atoms with van der Waals surface area (Å²) in [6.45, 7) is 2.56.